The molecule has 176 valence electrons. The molecule has 0 aromatic heterocycles. The van der Waals surface area contributed by atoms with E-state index in [1.165, 1.54) is 20.8 Å². The van der Waals surface area contributed by atoms with E-state index in [-0.39, 0.29) is 0 Å². The average molecular weight is 644 g/mol. The first-order valence-corrected chi connectivity index (χ1v) is 16.9. The van der Waals surface area contributed by atoms with Gasteiger partial charge in [0, 0.05) is 0 Å². The second-order valence-corrected chi connectivity index (χ2v) is 14.4. The number of benzene rings is 2. The van der Waals surface area contributed by atoms with Crippen molar-refractivity contribution in [1.82, 2.24) is 0 Å². The molecule has 0 aliphatic heterocycles. The van der Waals surface area contributed by atoms with Crippen molar-refractivity contribution in [1.29, 1.82) is 0 Å². The zero-order valence-electron chi connectivity index (χ0n) is 19.7. The average Bonchev–Trinajstić information content (AvgIpc) is 2.77. The largest absolute Gasteiger partial charge is 0.488 e. The Kier molecular flexibility index (Phi) is 18.3. The van der Waals surface area contributed by atoms with E-state index < -0.39 is 47.6 Å². The number of rotatable bonds is 5. The van der Waals surface area contributed by atoms with Gasteiger partial charge in [-0.3, -0.25) is 0 Å². The summed E-state index contributed by atoms with van der Waals surface area (Å²) in [5.74, 6) is -1.98. The Morgan fingerprint density at radius 2 is 0.969 bits per heavy atom. The van der Waals surface area contributed by atoms with E-state index in [9.17, 15) is 14.4 Å². The Morgan fingerprint density at radius 1 is 0.656 bits per heavy atom. The van der Waals surface area contributed by atoms with Crippen molar-refractivity contribution < 1.29 is 32.5 Å². The van der Waals surface area contributed by atoms with E-state index in [2.05, 4.69) is 0 Å². The number of hydrogen-bond donors (Lipinski definition) is 2. The third-order valence-electron chi connectivity index (χ3n) is 3.06. The fraction of sp³-hybridized carbons (Fsp3) is 0.318. The molecule has 0 aliphatic rings. The SMILES string of the molecule is CC.CC.CC(=O)[O][Pb]([O]C(C)=O)([O]C(C)=O)[c]1ccccc1.OB(O)c1ccccc1. The van der Waals surface area contributed by atoms with E-state index in [0.29, 0.717) is 8.59 Å². The Labute approximate surface area is 197 Å². The number of carbonyl (C=O) groups excluding carboxylic acids is 3. The molecule has 0 amide bonds. The fourth-order valence-electron chi connectivity index (χ4n) is 2.07. The second kappa shape index (κ2) is 18.3. The molecule has 8 nitrogen and oxygen atoms in total. The van der Waals surface area contributed by atoms with Crippen molar-refractivity contribution in [2.24, 2.45) is 0 Å². The summed E-state index contributed by atoms with van der Waals surface area (Å²) in [6.07, 6.45) is 0. The molecule has 2 aromatic rings. The first-order valence-electron chi connectivity index (χ1n) is 10.2. The van der Waals surface area contributed by atoms with E-state index in [1.54, 1.807) is 54.6 Å². The minimum absolute atomic E-state index is 0.440. The van der Waals surface area contributed by atoms with E-state index in [0.717, 1.165) is 0 Å². The summed E-state index contributed by atoms with van der Waals surface area (Å²) in [6, 6.07) is 17.0. The number of carbonyl (C=O) groups is 3. The van der Waals surface area contributed by atoms with Gasteiger partial charge in [-0.15, -0.1) is 0 Å². The molecule has 0 fully saturated rings. The molecule has 0 saturated carbocycles. The van der Waals surface area contributed by atoms with Gasteiger partial charge in [0.05, 0.1) is 0 Å². The standard InChI is InChI=1S/C6H7BO2.C6H5.3C2H4O2.2C2H6.Pb/c8-7(9)6-4-2-1-3-5-6;1-2-4-6-5-3-1;3*1-2(3)4;2*1-2;/h1-5,8-9H;1-5H;3*1H3,(H,3,4);2*1-2H3;/q;;;;;;;+3/p-3. The fourth-order valence-corrected chi connectivity index (χ4v) is 10.7. The molecule has 0 atom stereocenters. The molecule has 0 aliphatic carbocycles. The van der Waals surface area contributed by atoms with Crippen LogP contribution in [0.5, 0.6) is 0 Å². The van der Waals surface area contributed by atoms with Crippen LogP contribution in [0.1, 0.15) is 48.5 Å². The van der Waals surface area contributed by atoms with Gasteiger partial charge in [-0.1, -0.05) is 58.0 Å². The van der Waals surface area contributed by atoms with Crippen LogP contribution in [0.2, 0.25) is 0 Å². The van der Waals surface area contributed by atoms with Gasteiger partial charge in [0.2, 0.25) is 0 Å². The molecule has 0 bridgehead atoms. The van der Waals surface area contributed by atoms with Gasteiger partial charge >= 0.3 is 124 Å². The molecule has 0 heterocycles. The maximum absolute atomic E-state index is 11.2. The molecular weight excluding hydrogens is 610 g/mol. The quantitative estimate of drug-likeness (QED) is 0.475. The van der Waals surface area contributed by atoms with Gasteiger partial charge in [-0.2, -0.15) is 0 Å². The third-order valence-corrected chi connectivity index (χ3v) is 13.6. The summed E-state index contributed by atoms with van der Waals surface area (Å²) in [5.41, 5.74) is 0.525. The Balaban J connectivity index is 0. The van der Waals surface area contributed by atoms with Crippen LogP contribution in [0.25, 0.3) is 0 Å². The van der Waals surface area contributed by atoms with Gasteiger partial charge in [0.1, 0.15) is 0 Å². The molecule has 0 radical (unpaired) electrons. The smallest absolute Gasteiger partial charge is 0.423 e. The second-order valence-electron chi connectivity index (χ2n) is 5.49. The first-order chi connectivity index (χ1) is 15.2. The molecule has 2 rings (SSSR count). The third kappa shape index (κ3) is 13.2. The van der Waals surface area contributed by atoms with Crippen molar-refractivity contribution in [2.45, 2.75) is 48.5 Å². The maximum Gasteiger partial charge on any atom is 0.488 e. The molecule has 10 heteroatoms. The van der Waals surface area contributed by atoms with E-state index in [1.807, 2.05) is 33.8 Å². The van der Waals surface area contributed by atoms with Crippen molar-refractivity contribution in [2.75, 3.05) is 0 Å². The number of hydrogen-bond acceptors (Lipinski definition) is 8. The van der Waals surface area contributed by atoms with Crippen LogP contribution >= 0.6 is 0 Å². The van der Waals surface area contributed by atoms with Crippen molar-refractivity contribution >= 4 is 56.1 Å². The topological polar surface area (TPSA) is 119 Å². The molecule has 0 spiro atoms. The van der Waals surface area contributed by atoms with Crippen LogP contribution in [-0.2, 0) is 22.4 Å². The molecule has 32 heavy (non-hydrogen) atoms. The summed E-state index contributed by atoms with van der Waals surface area (Å²) >= 11 is -4.94. The van der Waals surface area contributed by atoms with E-state index >= 15 is 0 Å². The monoisotopic (exact) mass is 644 g/mol. The predicted octanol–water partition coefficient (Wildman–Crippen LogP) is 1.94. The first kappa shape index (κ1) is 31.9. The normalized spacial score (nSPS) is 9.16. The maximum atomic E-state index is 11.2. The molecular formula is C22H33BO8Pb. The Morgan fingerprint density at radius 3 is 1.22 bits per heavy atom. The molecule has 0 saturated heterocycles. The molecule has 0 unspecified atom stereocenters. The Hall–Kier alpha value is -2.24. The van der Waals surface area contributed by atoms with Crippen LogP contribution in [0.3, 0.4) is 0 Å². The van der Waals surface area contributed by atoms with Crippen molar-refractivity contribution in [3.63, 3.8) is 0 Å². The van der Waals surface area contributed by atoms with E-state index in [4.69, 9.17) is 18.1 Å². The van der Waals surface area contributed by atoms with Gasteiger partial charge < -0.3 is 10.0 Å². The van der Waals surface area contributed by atoms with Gasteiger partial charge in [0.15, 0.2) is 0 Å². The van der Waals surface area contributed by atoms with Crippen LogP contribution in [0.4, 0.5) is 0 Å². The summed E-state index contributed by atoms with van der Waals surface area (Å²) in [4.78, 5) is 33.7. The van der Waals surface area contributed by atoms with Crippen molar-refractivity contribution in [3.8, 4) is 0 Å². The molecule has 2 N–H and O–H groups in total. The van der Waals surface area contributed by atoms with Crippen LogP contribution in [-0.4, -0.2) is 57.6 Å². The van der Waals surface area contributed by atoms with Crippen LogP contribution < -0.4 is 8.59 Å². The van der Waals surface area contributed by atoms with Gasteiger partial charge in [-0.05, 0) is 5.46 Å². The summed E-state index contributed by atoms with van der Waals surface area (Å²) in [6.45, 7) is 11.5. The Bertz CT molecular complexity index is 744. The van der Waals surface area contributed by atoms with Crippen LogP contribution in [0, 0.1) is 0 Å². The minimum atomic E-state index is -4.94. The summed E-state index contributed by atoms with van der Waals surface area (Å²) < 4.78 is 15.9. The zero-order chi connectivity index (χ0) is 25.2. The summed E-state index contributed by atoms with van der Waals surface area (Å²) in [7, 11) is -1.34. The van der Waals surface area contributed by atoms with Crippen LogP contribution in [0.15, 0.2) is 60.7 Å². The van der Waals surface area contributed by atoms with Crippen molar-refractivity contribution in [3.05, 3.63) is 60.7 Å². The predicted molar refractivity (Wildman–Crippen MR) is 126 cm³/mol. The van der Waals surface area contributed by atoms with Gasteiger partial charge in [0.25, 0.3) is 0 Å². The molecule has 2 aromatic carbocycles. The van der Waals surface area contributed by atoms with Gasteiger partial charge in [-0.25, -0.2) is 0 Å². The zero-order valence-corrected chi connectivity index (χ0v) is 23.6. The summed E-state index contributed by atoms with van der Waals surface area (Å²) in [5, 5.41) is 17.2. The minimum Gasteiger partial charge on any atom is -0.423 e.